The first-order chi connectivity index (χ1) is 22.2. The van der Waals surface area contributed by atoms with Crippen molar-refractivity contribution in [3.05, 3.63) is 84.7 Å². The monoisotopic (exact) mass is 637 g/mol. The van der Waals surface area contributed by atoms with E-state index in [1.165, 1.54) is 18.6 Å². The molecule has 1 aliphatic carbocycles. The highest BCUT2D eigenvalue weighted by molar-refractivity contribution is 7.88. The fourth-order valence-corrected chi connectivity index (χ4v) is 6.63. The minimum atomic E-state index is -3.44. The van der Waals surface area contributed by atoms with E-state index < -0.39 is 15.8 Å². The molecule has 234 valence electrons. The second kappa shape index (κ2) is 12.1. The first kappa shape index (κ1) is 29.8. The number of rotatable bonds is 8. The molecule has 7 rings (SSSR count). The van der Waals surface area contributed by atoms with E-state index in [0.717, 1.165) is 70.6 Å². The molecule has 0 bridgehead atoms. The molecule has 2 aromatic carbocycles. The minimum absolute atomic E-state index is 0.0295. The summed E-state index contributed by atoms with van der Waals surface area (Å²) in [7, 11) is -3.44. The van der Waals surface area contributed by atoms with Crippen LogP contribution in [0.25, 0.3) is 55.4 Å². The summed E-state index contributed by atoms with van der Waals surface area (Å²) in [4.78, 5) is 25.0. The number of aromatic nitrogens is 5. The number of carbonyl (C=O) groups excluding carboxylic acids is 1. The highest BCUT2D eigenvalue weighted by atomic mass is 32.2. The third-order valence-electron chi connectivity index (χ3n) is 8.49. The number of halogens is 1. The van der Waals surface area contributed by atoms with E-state index in [-0.39, 0.29) is 18.4 Å². The van der Waals surface area contributed by atoms with Crippen molar-refractivity contribution in [1.82, 2.24) is 29.9 Å². The molecule has 6 aromatic rings. The molecular weight excluding hydrogens is 605 g/mol. The lowest BCUT2D eigenvalue weighted by molar-refractivity contribution is -0.120. The Morgan fingerprint density at radius 1 is 0.891 bits per heavy atom. The minimum Gasteiger partial charge on any atom is -0.352 e. The molecule has 0 radical (unpaired) electrons. The predicted molar refractivity (Wildman–Crippen MR) is 177 cm³/mol. The van der Waals surface area contributed by atoms with Crippen molar-refractivity contribution < 1.29 is 17.6 Å². The molecule has 1 aliphatic rings. The summed E-state index contributed by atoms with van der Waals surface area (Å²) in [5.74, 6) is -0.374. The Kier molecular flexibility index (Phi) is 7.83. The summed E-state index contributed by atoms with van der Waals surface area (Å²) in [6, 6.07) is 14.3. The summed E-state index contributed by atoms with van der Waals surface area (Å²) in [6.07, 6.45) is 13.1. The number of anilines is 1. The third kappa shape index (κ3) is 6.26. The van der Waals surface area contributed by atoms with E-state index in [9.17, 15) is 17.6 Å². The van der Waals surface area contributed by atoms with E-state index in [2.05, 4.69) is 35.2 Å². The van der Waals surface area contributed by atoms with Gasteiger partial charge in [0.05, 0.1) is 41.1 Å². The molecule has 1 amide bonds. The van der Waals surface area contributed by atoms with Gasteiger partial charge < -0.3 is 10.3 Å². The van der Waals surface area contributed by atoms with E-state index in [1.54, 1.807) is 30.9 Å². The SMILES string of the molecule is CS(=O)(=O)NCc1cc(F)cc(-c2cncc3[nH]c(-c4n[nH]c5ccc(-c6cncc(NC(=O)C7CCCCC7)c6)cc45)cc23)c1. The molecule has 0 unspecified atom stereocenters. The van der Waals surface area contributed by atoms with E-state index in [0.29, 0.717) is 28.1 Å². The van der Waals surface area contributed by atoms with Crippen LogP contribution in [0.1, 0.15) is 37.7 Å². The van der Waals surface area contributed by atoms with Gasteiger partial charge in [-0.05, 0) is 72.0 Å². The molecule has 0 atom stereocenters. The van der Waals surface area contributed by atoms with Gasteiger partial charge in [0.25, 0.3) is 0 Å². The first-order valence-corrected chi connectivity index (χ1v) is 17.1. The summed E-state index contributed by atoms with van der Waals surface area (Å²) >= 11 is 0. The van der Waals surface area contributed by atoms with Gasteiger partial charge in [0, 0.05) is 46.8 Å². The number of H-pyrrole nitrogens is 2. The van der Waals surface area contributed by atoms with Crippen LogP contribution in [-0.2, 0) is 21.4 Å². The summed E-state index contributed by atoms with van der Waals surface area (Å²) in [5, 5.41) is 12.5. The van der Waals surface area contributed by atoms with Crippen LogP contribution in [0.2, 0.25) is 0 Å². The number of carbonyl (C=O) groups is 1. The van der Waals surface area contributed by atoms with Crippen LogP contribution in [0, 0.1) is 11.7 Å². The number of benzene rings is 2. The molecule has 0 spiro atoms. The number of sulfonamides is 1. The zero-order chi connectivity index (χ0) is 31.8. The van der Waals surface area contributed by atoms with Crippen LogP contribution in [0.5, 0.6) is 0 Å². The van der Waals surface area contributed by atoms with Crippen molar-refractivity contribution in [2.24, 2.45) is 5.92 Å². The van der Waals surface area contributed by atoms with E-state index in [4.69, 9.17) is 0 Å². The van der Waals surface area contributed by atoms with Crippen LogP contribution >= 0.6 is 0 Å². The summed E-state index contributed by atoms with van der Waals surface area (Å²) < 4.78 is 40.2. The topological polar surface area (TPSA) is 146 Å². The smallest absolute Gasteiger partial charge is 0.227 e. The average Bonchev–Trinajstić information content (AvgIpc) is 3.68. The van der Waals surface area contributed by atoms with Crippen LogP contribution in [0.4, 0.5) is 10.1 Å². The average molecular weight is 638 g/mol. The fraction of sp³-hybridized carbons (Fsp3) is 0.235. The standard InChI is InChI=1S/C34H32FN7O3S/c1-46(44,45)38-15-20-9-23(11-25(35)10-20)29-18-37-19-32-27(29)14-31(40-32)33-28-13-22(7-8-30(28)41-42-33)24-12-26(17-36-16-24)39-34(43)21-5-3-2-4-6-21/h7-14,16-19,21,38,40H,2-6,15H2,1H3,(H,39,43)(H,41,42). The lowest BCUT2D eigenvalue weighted by Gasteiger charge is -2.20. The quantitative estimate of drug-likeness (QED) is 0.149. The largest absolute Gasteiger partial charge is 0.352 e. The Morgan fingerprint density at radius 2 is 1.72 bits per heavy atom. The van der Waals surface area contributed by atoms with Crippen LogP contribution < -0.4 is 10.0 Å². The lowest BCUT2D eigenvalue weighted by atomic mass is 9.88. The molecule has 12 heteroatoms. The molecule has 1 fully saturated rings. The fourth-order valence-electron chi connectivity index (χ4n) is 6.21. The van der Waals surface area contributed by atoms with Gasteiger partial charge in [0.2, 0.25) is 15.9 Å². The van der Waals surface area contributed by atoms with Crippen molar-refractivity contribution in [3.63, 3.8) is 0 Å². The van der Waals surface area contributed by atoms with E-state index in [1.807, 2.05) is 30.3 Å². The van der Waals surface area contributed by atoms with Gasteiger partial charge in [-0.3, -0.25) is 19.9 Å². The summed E-state index contributed by atoms with van der Waals surface area (Å²) in [6.45, 7) is -0.0295. The number of hydrogen-bond acceptors (Lipinski definition) is 6. The van der Waals surface area contributed by atoms with Gasteiger partial charge in [-0.15, -0.1) is 0 Å². The van der Waals surface area contributed by atoms with Gasteiger partial charge in [0.1, 0.15) is 11.5 Å². The molecule has 46 heavy (non-hydrogen) atoms. The maximum atomic E-state index is 14.6. The van der Waals surface area contributed by atoms with Gasteiger partial charge in [-0.25, -0.2) is 17.5 Å². The second-order valence-electron chi connectivity index (χ2n) is 11.9. The third-order valence-corrected chi connectivity index (χ3v) is 9.15. The molecule has 4 N–H and O–H groups in total. The molecule has 0 aliphatic heterocycles. The molecule has 1 saturated carbocycles. The number of fused-ring (bicyclic) bond motifs is 2. The van der Waals surface area contributed by atoms with Gasteiger partial charge in [-0.2, -0.15) is 5.10 Å². The second-order valence-corrected chi connectivity index (χ2v) is 13.7. The van der Waals surface area contributed by atoms with Crippen LogP contribution in [0.15, 0.2) is 73.3 Å². The zero-order valence-corrected chi connectivity index (χ0v) is 25.9. The van der Waals surface area contributed by atoms with E-state index >= 15 is 0 Å². The maximum absolute atomic E-state index is 14.6. The van der Waals surface area contributed by atoms with Crippen molar-refractivity contribution in [3.8, 4) is 33.6 Å². The number of aromatic amines is 2. The lowest BCUT2D eigenvalue weighted by Crippen LogP contribution is -2.24. The molecule has 0 saturated heterocycles. The Hall–Kier alpha value is -4.94. The Morgan fingerprint density at radius 3 is 2.54 bits per heavy atom. The van der Waals surface area contributed by atoms with Crippen molar-refractivity contribution in [2.45, 2.75) is 38.6 Å². The zero-order valence-electron chi connectivity index (χ0n) is 25.1. The highest BCUT2D eigenvalue weighted by Gasteiger charge is 2.21. The van der Waals surface area contributed by atoms with Crippen molar-refractivity contribution in [1.29, 1.82) is 0 Å². The maximum Gasteiger partial charge on any atom is 0.227 e. The Balaban J connectivity index is 1.21. The summed E-state index contributed by atoms with van der Waals surface area (Å²) in [5.41, 5.74) is 7.25. The number of nitrogens with one attached hydrogen (secondary N) is 4. The van der Waals surface area contributed by atoms with Gasteiger partial charge in [-0.1, -0.05) is 25.3 Å². The number of amides is 1. The van der Waals surface area contributed by atoms with Crippen LogP contribution in [-0.4, -0.2) is 45.7 Å². The van der Waals surface area contributed by atoms with Gasteiger partial charge in [0.15, 0.2) is 0 Å². The normalized spacial score (nSPS) is 14.2. The Bertz CT molecular complexity index is 2200. The molecule has 10 nitrogen and oxygen atoms in total. The van der Waals surface area contributed by atoms with Gasteiger partial charge >= 0.3 is 0 Å². The number of pyridine rings is 2. The Labute approximate surface area is 264 Å². The number of hydrogen-bond donors (Lipinski definition) is 4. The van der Waals surface area contributed by atoms with Crippen molar-refractivity contribution >= 4 is 43.4 Å². The molecule has 4 aromatic heterocycles. The highest BCUT2D eigenvalue weighted by Crippen LogP contribution is 2.36. The molecule has 4 heterocycles. The first-order valence-electron chi connectivity index (χ1n) is 15.2. The predicted octanol–water partition coefficient (Wildman–Crippen LogP) is 6.54. The number of nitrogens with zero attached hydrogens (tertiary/aromatic N) is 3. The molecular formula is C34H32FN7O3S. The van der Waals surface area contributed by atoms with Crippen molar-refractivity contribution in [2.75, 3.05) is 11.6 Å². The van der Waals surface area contributed by atoms with Crippen LogP contribution in [0.3, 0.4) is 0 Å².